The maximum absolute atomic E-state index is 15.3. The van der Waals surface area contributed by atoms with Crippen molar-refractivity contribution in [3.63, 3.8) is 0 Å². The highest BCUT2D eigenvalue weighted by molar-refractivity contribution is 8.00. The topological polar surface area (TPSA) is 90.0 Å². The molecule has 0 fully saturated rings. The number of halogens is 3. The Hall–Kier alpha value is -3.24. The van der Waals surface area contributed by atoms with E-state index in [-0.39, 0.29) is 51.8 Å². The minimum absolute atomic E-state index is 0.0120. The molecule has 1 aliphatic rings. The predicted molar refractivity (Wildman–Crippen MR) is 134 cm³/mol. The Morgan fingerprint density at radius 3 is 2.38 bits per heavy atom. The number of ether oxygens (including phenoxy) is 2. The van der Waals surface area contributed by atoms with E-state index in [9.17, 15) is 23.6 Å². The molecule has 0 bridgehead atoms. The number of anilines is 1. The Bertz CT molecular complexity index is 1270. The average Bonchev–Trinajstić information content (AvgIpc) is 2.88. The minimum atomic E-state index is -1.01. The quantitative estimate of drug-likeness (QED) is 0.243. The Kier molecular flexibility index (Phi) is 9.82. The summed E-state index contributed by atoms with van der Waals surface area (Å²) in [6.45, 7) is 1.82. The van der Waals surface area contributed by atoms with Crippen molar-refractivity contribution in [2.45, 2.75) is 37.5 Å². The molecule has 0 aromatic heterocycles. The summed E-state index contributed by atoms with van der Waals surface area (Å²) in [4.78, 5) is 52.3. The maximum Gasteiger partial charge on any atom is 0.334 e. The van der Waals surface area contributed by atoms with Crippen molar-refractivity contribution in [1.29, 1.82) is 0 Å². The summed E-state index contributed by atoms with van der Waals surface area (Å²) in [5, 5.41) is -0.0479. The SMILES string of the molecule is CCOC(=O)CSc1cc(N(C(=O)C2=C(C(=O)OC)CCCC2)C(=O)c2cccc(F)c2)c(F)cc1Cl. The first-order valence-electron chi connectivity index (χ1n) is 11.4. The van der Waals surface area contributed by atoms with E-state index < -0.39 is 41.1 Å². The van der Waals surface area contributed by atoms with Crippen LogP contribution in [0.3, 0.4) is 0 Å². The lowest BCUT2D eigenvalue weighted by Crippen LogP contribution is -2.40. The van der Waals surface area contributed by atoms with Gasteiger partial charge < -0.3 is 9.47 Å². The normalized spacial score (nSPS) is 13.2. The van der Waals surface area contributed by atoms with Gasteiger partial charge >= 0.3 is 11.9 Å². The average molecular weight is 552 g/mol. The molecule has 1 aliphatic carbocycles. The van der Waals surface area contributed by atoms with Crippen molar-refractivity contribution < 1.29 is 37.4 Å². The van der Waals surface area contributed by atoms with E-state index in [1.807, 2.05) is 0 Å². The number of esters is 2. The molecular formula is C26H24ClF2NO6S. The molecule has 0 radical (unpaired) electrons. The van der Waals surface area contributed by atoms with Crippen LogP contribution in [0.1, 0.15) is 43.0 Å². The number of thioether (sulfide) groups is 1. The number of hydrogen-bond donors (Lipinski definition) is 0. The zero-order valence-corrected chi connectivity index (χ0v) is 21.7. The number of hydrogen-bond acceptors (Lipinski definition) is 7. The maximum atomic E-state index is 15.3. The Labute approximate surface area is 221 Å². The fraction of sp³-hybridized carbons (Fsp3) is 0.308. The second-order valence-corrected chi connectivity index (χ2v) is 9.36. The van der Waals surface area contributed by atoms with Gasteiger partial charge in [-0.2, -0.15) is 0 Å². The molecule has 0 N–H and O–H groups in total. The van der Waals surface area contributed by atoms with Crippen molar-refractivity contribution in [3.8, 4) is 0 Å². The van der Waals surface area contributed by atoms with Gasteiger partial charge in [-0.1, -0.05) is 17.7 Å². The molecule has 11 heteroatoms. The highest BCUT2D eigenvalue weighted by Gasteiger charge is 2.34. The Balaban J connectivity index is 2.15. The van der Waals surface area contributed by atoms with Crippen LogP contribution in [-0.2, 0) is 23.9 Å². The van der Waals surface area contributed by atoms with Gasteiger partial charge in [0.15, 0.2) is 0 Å². The smallest absolute Gasteiger partial charge is 0.334 e. The fourth-order valence-corrected chi connectivity index (χ4v) is 4.89. The van der Waals surface area contributed by atoms with Crippen molar-refractivity contribution in [1.82, 2.24) is 0 Å². The molecule has 7 nitrogen and oxygen atoms in total. The van der Waals surface area contributed by atoms with Gasteiger partial charge in [0.2, 0.25) is 0 Å². The number of rotatable bonds is 8. The lowest BCUT2D eigenvalue weighted by molar-refractivity contribution is -0.140. The molecule has 3 rings (SSSR count). The summed E-state index contributed by atoms with van der Waals surface area (Å²) in [6, 6.07) is 6.69. The summed E-state index contributed by atoms with van der Waals surface area (Å²) < 4.78 is 38.9. The van der Waals surface area contributed by atoms with Crippen LogP contribution in [0.4, 0.5) is 14.5 Å². The van der Waals surface area contributed by atoms with Crippen molar-refractivity contribution in [2.75, 3.05) is 24.4 Å². The van der Waals surface area contributed by atoms with Crippen LogP contribution in [0.15, 0.2) is 52.4 Å². The molecule has 196 valence electrons. The molecule has 0 saturated carbocycles. The Morgan fingerprint density at radius 1 is 1.03 bits per heavy atom. The highest BCUT2D eigenvalue weighted by Crippen LogP contribution is 2.36. The molecule has 0 atom stereocenters. The fourth-order valence-electron chi connectivity index (χ4n) is 3.83. The number of imide groups is 1. The second-order valence-electron chi connectivity index (χ2n) is 7.94. The number of nitrogens with zero attached hydrogens (tertiary/aromatic N) is 1. The molecule has 0 unspecified atom stereocenters. The Morgan fingerprint density at radius 2 is 1.73 bits per heavy atom. The molecule has 2 aromatic carbocycles. The molecule has 0 spiro atoms. The van der Waals surface area contributed by atoms with Crippen molar-refractivity contribution >= 4 is 52.8 Å². The van der Waals surface area contributed by atoms with E-state index in [0.29, 0.717) is 17.7 Å². The third-order valence-electron chi connectivity index (χ3n) is 5.53. The van der Waals surface area contributed by atoms with Crippen LogP contribution < -0.4 is 4.90 Å². The van der Waals surface area contributed by atoms with Crippen molar-refractivity contribution in [3.05, 3.63) is 69.8 Å². The first-order valence-corrected chi connectivity index (χ1v) is 12.8. The van der Waals surface area contributed by atoms with E-state index in [1.165, 1.54) is 19.2 Å². The van der Waals surface area contributed by atoms with Crippen molar-refractivity contribution in [2.24, 2.45) is 0 Å². The van der Waals surface area contributed by atoms with Crippen LogP contribution in [0.25, 0.3) is 0 Å². The zero-order chi connectivity index (χ0) is 27.1. The lowest BCUT2D eigenvalue weighted by atomic mass is 9.90. The van der Waals surface area contributed by atoms with Gasteiger partial charge in [0.25, 0.3) is 11.8 Å². The molecule has 2 aromatic rings. The summed E-state index contributed by atoms with van der Waals surface area (Å²) in [5.74, 6) is -5.07. The summed E-state index contributed by atoms with van der Waals surface area (Å²) in [5.41, 5.74) is -0.559. The van der Waals surface area contributed by atoms with Gasteiger partial charge in [0, 0.05) is 21.6 Å². The molecule has 0 saturated heterocycles. The van der Waals surface area contributed by atoms with Gasteiger partial charge in [0.05, 0.1) is 30.2 Å². The lowest BCUT2D eigenvalue weighted by Gasteiger charge is -2.26. The third-order valence-corrected chi connectivity index (χ3v) is 6.98. The van der Waals surface area contributed by atoms with Gasteiger partial charge in [-0.3, -0.25) is 14.4 Å². The predicted octanol–water partition coefficient (Wildman–Crippen LogP) is 5.49. The number of carbonyl (C=O) groups is 4. The molecule has 37 heavy (non-hydrogen) atoms. The highest BCUT2D eigenvalue weighted by atomic mass is 35.5. The summed E-state index contributed by atoms with van der Waals surface area (Å²) in [7, 11) is 1.17. The van der Waals surface area contributed by atoms with E-state index in [1.54, 1.807) is 6.92 Å². The monoisotopic (exact) mass is 551 g/mol. The summed E-state index contributed by atoms with van der Waals surface area (Å²) in [6.07, 6.45) is 1.60. The molecular weight excluding hydrogens is 528 g/mol. The first kappa shape index (κ1) is 28.3. The largest absolute Gasteiger partial charge is 0.466 e. The van der Waals surface area contributed by atoms with Crippen LogP contribution in [-0.4, -0.2) is 43.2 Å². The third kappa shape index (κ3) is 6.75. The standard InChI is InChI=1S/C26H24ClF2NO6S/c1-3-36-23(31)14-37-22-13-21(20(29)12-19(22)27)30(24(32)15-7-6-8-16(28)11-15)25(33)17-9-4-5-10-18(17)26(34)35-2/h6-8,11-13H,3-5,9-10,14H2,1-2H3. The molecule has 0 heterocycles. The van der Waals surface area contributed by atoms with Crippen LogP contribution in [0, 0.1) is 11.6 Å². The van der Waals surface area contributed by atoms with Crippen LogP contribution in [0.2, 0.25) is 5.02 Å². The zero-order valence-electron chi connectivity index (χ0n) is 20.1. The van der Waals surface area contributed by atoms with Gasteiger partial charge in [-0.25, -0.2) is 18.5 Å². The minimum Gasteiger partial charge on any atom is -0.466 e. The van der Waals surface area contributed by atoms with E-state index in [4.69, 9.17) is 21.1 Å². The van der Waals surface area contributed by atoms with Gasteiger partial charge in [-0.05, 0) is 62.9 Å². The molecule has 0 aliphatic heterocycles. The molecule has 2 amide bonds. The van der Waals surface area contributed by atoms with E-state index in [2.05, 4.69) is 0 Å². The number of benzene rings is 2. The van der Waals surface area contributed by atoms with E-state index >= 15 is 4.39 Å². The number of amides is 2. The second kappa shape index (κ2) is 12.8. The summed E-state index contributed by atoms with van der Waals surface area (Å²) >= 11 is 7.11. The number of carbonyl (C=O) groups excluding carboxylic acids is 4. The van der Waals surface area contributed by atoms with Crippen LogP contribution in [0.5, 0.6) is 0 Å². The van der Waals surface area contributed by atoms with Gasteiger partial charge in [0.1, 0.15) is 11.6 Å². The first-order chi connectivity index (χ1) is 17.7. The number of methoxy groups -OCH3 is 1. The van der Waals surface area contributed by atoms with Crippen LogP contribution >= 0.6 is 23.4 Å². The van der Waals surface area contributed by atoms with Gasteiger partial charge in [-0.15, -0.1) is 11.8 Å². The van der Waals surface area contributed by atoms with E-state index in [0.717, 1.165) is 36.0 Å².